The molecule has 1 aliphatic heterocycles. The van der Waals surface area contributed by atoms with Crippen LogP contribution in [0.2, 0.25) is 0 Å². The fourth-order valence-corrected chi connectivity index (χ4v) is 1.11. The van der Waals surface area contributed by atoms with Crippen molar-refractivity contribution in [3.05, 3.63) is 36.1 Å². The van der Waals surface area contributed by atoms with E-state index in [-0.39, 0.29) is 0 Å². The van der Waals surface area contributed by atoms with E-state index >= 15 is 0 Å². The minimum absolute atomic E-state index is 1.03. The average Bonchev–Trinajstić information content (AvgIpc) is 2.54. The molecule has 0 spiro atoms. The Morgan fingerprint density at radius 3 is 2.42 bits per heavy atom. The van der Waals surface area contributed by atoms with E-state index in [1.807, 2.05) is 26.8 Å². The number of nitrogens with one attached hydrogen (secondary N) is 1. The van der Waals surface area contributed by atoms with E-state index in [1.54, 1.807) is 0 Å². The van der Waals surface area contributed by atoms with Gasteiger partial charge in [-0.3, -0.25) is 0 Å². The van der Waals surface area contributed by atoms with E-state index in [4.69, 9.17) is 0 Å². The third-order valence-electron chi connectivity index (χ3n) is 1.78. The first-order chi connectivity index (χ1) is 5.75. The smallest absolute Gasteiger partial charge is 0.0397 e. The molecular formula is C11H19N. The number of allylic oxidation sites excluding steroid dienone is 3. The van der Waals surface area contributed by atoms with Gasteiger partial charge in [0.2, 0.25) is 0 Å². The lowest BCUT2D eigenvalue weighted by Gasteiger charge is -2.01. The van der Waals surface area contributed by atoms with Crippen LogP contribution in [-0.2, 0) is 0 Å². The molecule has 12 heavy (non-hydrogen) atoms. The highest BCUT2D eigenvalue weighted by atomic mass is 14.9. The highest BCUT2D eigenvalue weighted by Gasteiger charge is 2.10. The summed E-state index contributed by atoms with van der Waals surface area (Å²) < 4.78 is 0. The molecule has 0 aromatic carbocycles. The Labute approximate surface area is 75.9 Å². The second-order valence-corrected chi connectivity index (χ2v) is 2.54. The van der Waals surface area contributed by atoms with Gasteiger partial charge >= 0.3 is 0 Å². The molecule has 0 atom stereocenters. The fourth-order valence-electron chi connectivity index (χ4n) is 1.11. The molecule has 1 rings (SSSR count). The Bertz CT molecular complexity index is 199. The summed E-state index contributed by atoms with van der Waals surface area (Å²) in [5.41, 5.74) is 3.59. The van der Waals surface area contributed by atoms with Gasteiger partial charge in [0.25, 0.3) is 0 Å². The second-order valence-electron chi connectivity index (χ2n) is 2.54. The van der Waals surface area contributed by atoms with Gasteiger partial charge in [-0.25, -0.2) is 0 Å². The minimum Gasteiger partial charge on any atom is -0.384 e. The van der Waals surface area contributed by atoms with Crippen LogP contribution in [0.25, 0.3) is 0 Å². The van der Waals surface area contributed by atoms with Crippen molar-refractivity contribution in [2.75, 3.05) is 6.54 Å². The van der Waals surface area contributed by atoms with Crippen molar-refractivity contribution in [1.29, 1.82) is 0 Å². The first-order valence-corrected chi connectivity index (χ1v) is 4.51. The molecule has 0 radical (unpaired) electrons. The topological polar surface area (TPSA) is 12.0 Å². The van der Waals surface area contributed by atoms with Crippen molar-refractivity contribution in [2.24, 2.45) is 0 Å². The largest absolute Gasteiger partial charge is 0.384 e. The summed E-state index contributed by atoms with van der Waals surface area (Å²) in [6.07, 6.45) is 2.93. The lowest BCUT2D eigenvalue weighted by atomic mass is 10.1. The van der Waals surface area contributed by atoms with Crippen LogP contribution in [0.1, 0.15) is 27.2 Å². The molecule has 0 amide bonds. The molecule has 68 valence electrons. The van der Waals surface area contributed by atoms with Crippen LogP contribution >= 0.6 is 0 Å². The van der Waals surface area contributed by atoms with Crippen LogP contribution in [-0.4, -0.2) is 6.54 Å². The van der Waals surface area contributed by atoms with Crippen molar-refractivity contribution in [2.45, 2.75) is 27.2 Å². The van der Waals surface area contributed by atoms with Crippen molar-refractivity contribution in [3.8, 4) is 0 Å². The molecule has 1 nitrogen and oxygen atoms in total. The van der Waals surface area contributed by atoms with E-state index in [0.29, 0.717) is 0 Å². The van der Waals surface area contributed by atoms with Crippen molar-refractivity contribution >= 4 is 0 Å². The predicted octanol–water partition coefficient (Wildman–Crippen LogP) is 3.02. The molecule has 0 aliphatic carbocycles. The summed E-state index contributed by atoms with van der Waals surface area (Å²) in [7, 11) is 0. The Kier molecular flexibility index (Phi) is 5.18. The minimum atomic E-state index is 1.03. The van der Waals surface area contributed by atoms with Gasteiger partial charge in [0.1, 0.15) is 0 Å². The van der Waals surface area contributed by atoms with Crippen LogP contribution in [0.4, 0.5) is 0 Å². The van der Waals surface area contributed by atoms with Gasteiger partial charge in [-0.2, -0.15) is 0 Å². The lowest BCUT2D eigenvalue weighted by Crippen LogP contribution is -2.05. The van der Waals surface area contributed by atoms with Gasteiger partial charge in [0, 0.05) is 12.2 Å². The molecule has 1 heteroatoms. The fraction of sp³-hybridized carbons (Fsp3) is 0.455. The first kappa shape index (κ1) is 11.0. The molecule has 1 N–H and O–H groups in total. The summed E-state index contributed by atoms with van der Waals surface area (Å²) in [4.78, 5) is 0. The Morgan fingerprint density at radius 2 is 2.08 bits per heavy atom. The van der Waals surface area contributed by atoms with Gasteiger partial charge in [0.05, 0.1) is 0 Å². The van der Waals surface area contributed by atoms with Gasteiger partial charge in [-0.15, -0.1) is 0 Å². The summed E-state index contributed by atoms with van der Waals surface area (Å²) in [6.45, 7) is 14.7. The molecule has 0 aromatic heterocycles. The Morgan fingerprint density at radius 1 is 1.50 bits per heavy atom. The van der Waals surface area contributed by atoms with Crippen molar-refractivity contribution < 1.29 is 0 Å². The van der Waals surface area contributed by atoms with Crippen LogP contribution < -0.4 is 5.32 Å². The molecule has 1 saturated heterocycles. The number of rotatable bonds is 1. The maximum absolute atomic E-state index is 3.94. The van der Waals surface area contributed by atoms with Crippen LogP contribution in [0.3, 0.4) is 0 Å². The number of hydrogen-bond acceptors (Lipinski definition) is 1. The van der Waals surface area contributed by atoms with Gasteiger partial charge in [0.15, 0.2) is 0 Å². The average molecular weight is 165 g/mol. The maximum atomic E-state index is 3.94. The number of hydrogen-bond donors (Lipinski definition) is 1. The Hall–Kier alpha value is -0.980. The summed E-state index contributed by atoms with van der Waals surface area (Å²) in [5.74, 6) is 0. The van der Waals surface area contributed by atoms with Gasteiger partial charge in [-0.05, 0) is 24.5 Å². The van der Waals surface area contributed by atoms with Crippen LogP contribution in [0.5, 0.6) is 0 Å². The van der Waals surface area contributed by atoms with Crippen LogP contribution in [0, 0.1) is 0 Å². The third-order valence-corrected chi connectivity index (χ3v) is 1.78. The highest BCUT2D eigenvalue weighted by molar-refractivity contribution is 5.38. The summed E-state index contributed by atoms with van der Waals surface area (Å²) in [6, 6.07) is 0. The van der Waals surface area contributed by atoms with Gasteiger partial charge < -0.3 is 5.32 Å². The molecule has 0 saturated carbocycles. The molecule has 1 aliphatic rings. The van der Waals surface area contributed by atoms with Gasteiger partial charge in [-0.1, -0.05) is 33.1 Å². The standard InChI is InChI=1S/C9H13N.C2H6/c1-4-7(2)9-8(3)5-6-10-9;1-2/h4,10H,1,3,5-6H2,2H3;1-2H3/b9-7+;. The SMILES string of the molecule is C=C/C(C)=C1/NCCC1=C.CC. The van der Waals surface area contributed by atoms with Crippen LogP contribution in [0.15, 0.2) is 36.1 Å². The van der Waals surface area contributed by atoms with E-state index in [2.05, 4.69) is 18.5 Å². The molecule has 1 fully saturated rings. The van der Waals surface area contributed by atoms with Crippen molar-refractivity contribution in [1.82, 2.24) is 5.32 Å². The molecule has 0 aromatic rings. The molecule has 0 unspecified atom stereocenters. The first-order valence-electron chi connectivity index (χ1n) is 4.51. The molecule has 1 heterocycles. The van der Waals surface area contributed by atoms with E-state index in [9.17, 15) is 0 Å². The monoisotopic (exact) mass is 165 g/mol. The summed E-state index contributed by atoms with van der Waals surface area (Å²) >= 11 is 0. The lowest BCUT2D eigenvalue weighted by molar-refractivity contribution is 0.909. The zero-order valence-corrected chi connectivity index (χ0v) is 8.41. The quantitative estimate of drug-likeness (QED) is 0.629. The van der Waals surface area contributed by atoms with E-state index in [0.717, 1.165) is 13.0 Å². The maximum Gasteiger partial charge on any atom is 0.0397 e. The van der Waals surface area contributed by atoms with E-state index < -0.39 is 0 Å². The molecular weight excluding hydrogens is 146 g/mol. The third kappa shape index (κ3) is 2.57. The highest BCUT2D eigenvalue weighted by Crippen LogP contribution is 2.19. The second kappa shape index (κ2) is 5.64. The zero-order valence-electron chi connectivity index (χ0n) is 8.41. The van der Waals surface area contributed by atoms with Crippen molar-refractivity contribution in [3.63, 3.8) is 0 Å². The Balaban J connectivity index is 0.000000561. The van der Waals surface area contributed by atoms with E-state index in [1.165, 1.54) is 16.8 Å². The molecule has 0 bridgehead atoms. The normalized spacial score (nSPS) is 19.1. The summed E-state index contributed by atoms with van der Waals surface area (Å²) in [5, 5.41) is 3.27. The predicted molar refractivity (Wildman–Crippen MR) is 56.0 cm³/mol. The zero-order chi connectivity index (χ0) is 9.56.